The first-order chi connectivity index (χ1) is 8.74. The van der Waals surface area contributed by atoms with Gasteiger partial charge in [-0.2, -0.15) is 10.1 Å². The Hall–Kier alpha value is -2.48. The fraction of sp³-hybridized carbons (Fsp3) is 0.200. The van der Waals surface area contributed by atoms with Crippen molar-refractivity contribution in [3.05, 3.63) is 36.2 Å². The number of nitrogens with zero attached hydrogens (tertiary/aromatic N) is 5. The quantitative estimate of drug-likeness (QED) is 0.683. The second kappa shape index (κ2) is 4.08. The van der Waals surface area contributed by atoms with Gasteiger partial charge in [0.25, 0.3) is 0 Å². The molecule has 8 nitrogen and oxygen atoms in total. The number of rotatable bonds is 3. The van der Waals surface area contributed by atoms with Gasteiger partial charge in [-0.05, 0) is 0 Å². The van der Waals surface area contributed by atoms with Gasteiger partial charge in [0.2, 0.25) is 11.7 Å². The summed E-state index contributed by atoms with van der Waals surface area (Å²) >= 11 is 0. The van der Waals surface area contributed by atoms with E-state index < -0.39 is 6.04 Å². The highest BCUT2D eigenvalue weighted by Gasteiger charge is 2.19. The zero-order chi connectivity index (χ0) is 12.5. The Balaban J connectivity index is 1.89. The van der Waals surface area contributed by atoms with Crippen LogP contribution in [0.5, 0.6) is 0 Å². The van der Waals surface area contributed by atoms with Gasteiger partial charge in [0.1, 0.15) is 6.04 Å². The van der Waals surface area contributed by atoms with Gasteiger partial charge in [-0.15, -0.1) is 0 Å². The van der Waals surface area contributed by atoms with E-state index in [2.05, 4.69) is 25.2 Å². The summed E-state index contributed by atoms with van der Waals surface area (Å²) in [6.45, 7) is 0. The molecule has 0 aliphatic heterocycles. The topological polar surface area (TPSA) is 111 Å². The molecule has 0 amide bonds. The number of aryl methyl sites for hydroxylation is 1. The Morgan fingerprint density at radius 2 is 2.39 bits per heavy atom. The van der Waals surface area contributed by atoms with Crippen LogP contribution in [0.3, 0.4) is 0 Å². The van der Waals surface area contributed by atoms with E-state index in [9.17, 15) is 0 Å². The van der Waals surface area contributed by atoms with Crippen LogP contribution in [0.25, 0.3) is 11.6 Å². The Kier molecular flexibility index (Phi) is 2.41. The molecule has 0 spiro atoms. The molecule has 3 aromatic rings. The van der Waals surface area contributed by atoms with Crippen molar-refractivity contribution in [3.8, 4) is 11.6 Å². The molecule has 0 saturated heterocycles. The molecule has 0 saturated carbocycles. The SMILES string of the molecule is Cn1cc(C(N)c2nc(-c3ncc[nH]3)no2)cn1. The molecule has 1 atom stereocenters. The van der Waals surface area contributed by atoms with Gasteiger partial charge >= 0.3 is 0 Å². The van der Waals surface area contributed by atoms with Crippen molar-refractivity contribution >= 4 is 0 Å². The molecule has 8 heteroatoms. The van der Waals surface area contributed by atoms with Crippen LogP contribution >= 0.6 is 0 Å². The van der Waals surface area contributed by atoms with Gasteiger partial charge in [-0.1, -0.05) is 5.16 Å². The number of nitrogens with one attached hydrogen (secondary N) is 1. The molecule has 0 aromatic carbocycles. The van der Waals surface area contributed by atoms with Crippen molar-refractivity contribution in [2.45, 2.75) is 6.04 Å². The molecule has 3 N–H and O–H groups in total. The summed E-state index contributed by atoms with van der Waals surface area (Å²) in [6.07, 6.45) is 6.78. The molecular formula is C10H11N7O. The molecule has 0 bridgehead atoms. The average molecular weight is 245 g/mol. The van der Waals surface area contributed by atoms with Crippen LogP contribution in [-0.4, -0.2) is 29.9 Å². The second-order valence-corrected chi connectivity index (χ2v) is 3.82. The Morgan fingerprint density at radius 3 is 3.06 bits per heavy atom. The monoisotopic (exact) mass is 245 g/mol. The van der Waals surface area contributed by atoms with E-state index in [-0.39, 0.29) is 0 Å². The van der Waals surface area contributed by atoms with Crippen LogP contribution < -0.4 is 5.73 Å². The number of imidazole rings is 1. The average Bonchev–Trinajstić information content (AvgIpc) is 3.09. The molecule has 3 aromatic heterocycles. The molecule has 0 aliphatic rings. The van der Waals surface area contributed by atoms with Crippen molar-refractivity contribution in [1.82, 2.24) is 29.9 Å². The number of H-pyrrole nitrogens is 1. The Bertz CT molecular complexity index is 639. The fourth-order valence-corrected chi connectivity index (χ4v) is 1.59. The van der Waals surface area contributed by atoms with Crippen molar-refractivity contribution in [1.29, 1.82) is 0 Å². The lowest BCUT2D eigenvalue weighted by Crippen LogP contribution is -2.11. The molecular weight excluding hydrogens is 234 g/mol. The van der Waals surface area contributed by atoms with E-state index in [1.54, 1.807) is 29.5 Å². The summed E-state index contributed by atoms with van der Waals surface area (Å²) in [4.78, 5) is 11.1. The van der Waals surface area contributed by atoms with Crippen LogP contribution in [-0.2, 0) is 7.05 Å². The number of hydrogen-bond acceptors (Lipinski definition) is 6. The lowest BCUT2D eigenvalue weighted by Gasteiger charge is -2.01. The Labute approximate surface area is 102 Å². The minimum atomic E-state index is -0.491. The Morgan fingerprint density at radius 1 is 1.50 bits per heavy atom. The minimum absolute atomic E-state index is 0.328. The first kappa shape index (κ1) is 10.7. The van der Waals surface area contributed by atoms with E-state index in [0.717, 1.165) is 5.56 Å². The zero-order valence-corrected chi connectivity index (χ0v) is 9.61. The van der Waals surface area contributed by atoms with Gasteiger partial charge in [0.15, 0.2) is 5.82 Å². The van der Waals surface area contributed by atoms with Gasteiger partial charge in [0, 0.05) is 31.2 Å². The molecule has 0 fully saturated rings. The van der Waals surface area contributed by atoms with Crippen LogP contribution in [0.1, 0.15) is 17.5 Å². The van der Waals surface area contributed by atoms with Crippen LogP contribution in [0.15, 0.2) is 29.3 Å². The minimum Gasteiger partial charge on any atom is -0.342 e. The summed E-state index contributed by atoms with van der Waals surface area (Å²) < 4.78 is 6.80. The number of aromatic nitrogens is 6. The maximum absolute atomic E-state index is 6.02. The smallest absolute Gasteiger partial charge is 0.248 e. The predicted molar refractivity (Wildman–Crippen MR) is 61.1 cm³/mol. The van der Waals surface area contributed by atoms with Crippen molar-refractivity contribution < 1.29 is 4.52 Å². The van der Waals surface area contributed by atoms with Crippen molar-refractivity contribution in [3.63, 3.8) is 0 Å². The van der Waals surface area contributed by atoms with E-state index in [4.69, 9.17) is 10.3 Å². The third-order valence-electron chi connectivity index (χ3n) is 2.50. The van der Waals surface area contributed by atoms with Gasteiger partial charge < -0.3 is 15.2 Å². The van der Waals surface area contributed by atoms with Crippen LogP contribution in [0.2, 0.25) is 0 Å². The summed E-state index contributed by atoms with van der Waals surface area (Å²) in [5, 5.41) is 7.87. The molecule has 18 heavy (non-hydrogen) atoms. The van der Waals surface area contributed by atoms with Crippen LogP contribution in [0, 0.1) is 0 Å². The molecule has 0 radical (unpaired) electrons. The summed E-state index contributed by atoms with van der Waals surface area (Å²) in [6, 6.07) is -0.491. The fourth-order valence-electron chi connectivity index (χ4n) is 1.59. The summed E-state index contributed by atoms with van der Waals surface area (Å²) in [5.41, 5.74) is 6.83. The highest BCUT2D eigenvalue weighted by molar-refractivity contribution is 5.41. The van der Waals surface area contributed by atoms with Gasteiger partial charge in [-0.3, -0.25) is 4.68 Å². The standard InChI is InChI=1S/C10H11N7O/c1-17-5-6(4-14-17)7(11)10-15-9(16-18-10)8-12-2-3-13-8/h2-5,7H,11H2,1H3,(H,12,13). The van der Waals surface area contributed by atoms with E-state index >= 15 is 0 Å². The van der Waals surface area contributed by atoms with Gasteiger partial charge in [-0.25, -0.2) is 4.98 Å². The number of aromatic amines is 1. The normalized spacial score (nSPS) is 12.8. The first-order valence-corrected chi connectivity index (χ1v) is 5.31. The van der Waals surface area contributed by atoms with E-state index in [1.165, 1.54) is 0 Å². The lowest BCUT2D eigenvalue weighted by molar-refractivity contribution is 0.367. The highest BCUT2D eigenvalue weighted by atomic mass is 16.5. The number of hydrogen-bond donors (Lipinski definition) is 2. The maximum atomic E-state index is 6.02. The summed E-state index contributed by atoms with van der Waals surface area (Å²) in [5.74, 6) is 1.26. The largest absolute Gasteiger partial charge is 0.342 e. The molecule has 1 unspecified atom stereocenters. The van der Waals surface area contributed by atoms with E-state index in [1.807, 2.05) is 7.05 Å². The molecule has 92 valence electrons. The van der Waals surface area contributed by atoms with Crippen LogP contribution in [0.4, 0.5) is 0 Å². The van der Waals surface area contributed by atoms with Gasteiger partial charge in [0.05, 0.1) is 6.20 Å². The predicted octanol–water partition coefficient (Wildman–Crippen LogP) is 0.241. The number of nitrogens with two attached hydrogens (primary N) is 1. The third kappa shape index (κ3) is 1.78. The third-order valence-corrected chi connectivity index (χ3v) is 2.50. The highest BCUT2D eigenvalue weighted by Crippen LogP contribution is 2.19. The molecule has 3 heterocycles. The van der Waals surface area contributed by atoms with Crippen molar-refractivity contribution in [2.24, 2.45) is 12.8 Å². The molecule has 3 rings (SSSR count). The lowest BCUT2D eigenvalue weighted by atomic mass is 10.2. The summed E-state index contributed by atoms with van der Waals surface area (Å²) in [7, 11) is 1.82. The second-order valence-electron chi connectivity index (χ2n) is 3.82. The van der Waals surface area contributed by atoms with E-state index in [0.29, 0.717) is 17.5 Å². The van der Waals surface area contributed by atoms with Crippen molar-refractivity contribution in [2.75, 3.05) is 0 Å². The molecule has 0 aliphatic carbocycles. The maximum Gasteiger partial charge on any atom is 0.248 e. The first-order valence-electron chi connectivity index (χ1n) is 5.31. The zero-order valence-electron chi connectivity index (χ0n) is 9.61.